The first-order valence-corrected chi connectivity index (χ1v) is 10.4. The van der Waals surface area contributed by atoms with Crippen LogP contribution in [0, 0.1) is 5.82 Å². The van der Waals surface area contributed by atoms with Crippen molar-refractivity contribution in [3.63, 3.8) is 0 Å². The molecule has 30 heavy (non-hydrogen) atoms. The third kappa shape index (κ3) is 6.27. The molecule has 156 valence electrons. The van der Waals surface area contributed by atoms with E-state index in [1.807, 2.05) is 18.2 Å². The van der Waals surface area contributed by atoms with E-state index < -0.39 is 5.82 Å². The molecule has 1 N–H and O–H groups in total. The molecule has 0 aliphatic carbocycles. The zero-order valence-corrected chi connectivity index (χ0v) is 17.7. The molecule has 0 atom stereocenters. The molecule has 0 aliphatic heterocycles. The zero-order chi connectivity index (χ0) is 21.3. The number of halogens is 2. The highest BCUT2D eigenvalue weighted by atomic mass is 35.5. The molecule has 3 rings (SSSR count). The van der Waals surface area contributed by atoms with Crippen molar-refractivity contribution in [3.05, 3.63) is 75.5 Å². The monoisotopic (exact) mass is 447 g/mol. The summed E-state index contributed by atoms with van der Waals surface area (Å²) in [6, 6.07) is 11.8. The maximum Gasteiger partial charge on any atom is 0.311 e. The van der Waals surface area contributed by atoms with Crippen LogP contribution in [0.3, 0.4) is 0 Å². The van der Waals surface area contributed by atoms with Gasteiger partial charge in [-0.1, -0.05) is 29.8 Å². The second-order valence-corrected chi connectivity index (χ2v) is 7.33. The van der Waals surface area contributed by atoms with E-state index >= 15 is 0 Å². The lowest BCUT2D eigenvalue weighted by Gasteiger charge is -2.09. The number of carbonyl (C=O) groups excluding carboxylic acids is 1. The minimum absolute atomic E-state index is 0.108. The smallest absolute Gasteiger partial charge is 0.311 e. The summed E-state index contributed by atoms with van der Waals surface area (Å²) in [6.45, 7) is 2.25. The van der Waals surface area contributed by atoms with Crippen LogP contribution in [0.25, 0.3) is 0 Å². The van der Waals surface area contributed by atoms with E-state index in [2.05, 4.69) is 15.5 Å². The summed E-state index contributed by atoms with van der Waals surface area (Å²) in [7, 11) is 0. The van der Waals surface area contributed by atoms with E-state index in [0.29, 0.717) is 28.0 Å². The minimum Gasteiger partial charge on any atom is -0.486 e. The third-order valence-electron chi connectivity index (χ3n) is 3.85. The number of aromatic nitrogens is 1. The summed E-state index contributed by atoms with van der Waals surface area (Å²) in [5, 5.41) is 6.89. The van der Waals surface area contributed by atoms with Gasteiger partial charge in [0.05, 0.1) is 24.9 Å². The Labute approximate surface area is 182 Å². The highest BCUT2D eigenvalue weighted by Gasteiger charge is 2.08. The van der Waals surface area contributed by atoms with Gasteiger partial charge in [0.15, 0.2) is 11.6 Å². The molecule has 0 bridgehead atoms. The van der Waals surface area contributed by atoms with Crippen LogP contribution >= 0.6 is 22.9 Å². The molecule has 9 heteroatoms. The Hall–Kier alpha value is -2.97. The summed E-state index contributed by atoms with van der Waals surface area (Å²) in [5.74, 6) is -0.703. The molecule has 2 aromatic carbocycles. The van der Waals surface area contributed by atoms with Crippen molar-refractivity contribution in [2.75, 3.05) is 12.0 Å². The van der Waals surface area contributed by atoms with E-state index in [0.717, 1.165) is 5.56 Å². The van der Waals surface area contributed by atoms with Crippen LogP contribution in [0.2, 0.25) is 5.02 Å². The summed E-state index contributed by atoms with van der Waals surface area (Å²) in [5.41, 5.74) is 4.69. The topological polar surface area (TPSA) is 72.8 Å². The number of anilines is 1. The Morgan fingerprint density at radius 1 is 1.33 bits per heavy atom. The quantitative estimate of drug-likeness (QED) is 0.282. The Balaban J connectivity index is 1.54. The van der Waals surface area contributed by atoms with Crippen LogP contribution in [0.4, 0.5) is 9.52 Å². The molecule has 6 nitrogen and oxygen atoms in total. The summed E-state index contributed by atoms with van der Waals surface area (Å²) in [6.07, 6.45) is 1.57. The van der Waals surface area contributed by atoms with Gasteiger partial charge in [0, 0.05) is 16.0 Å². The van der Waals surface area contributed by atoms with Gasteiger partial charge in [0.1, 0.15) is 6.61 Å². The number of rotatable bonds is 9. The van der Waals surface area contributed by atoms with E-state index in [4.69, 9.17) is 21.1 Å². The lowest BCUT2D eigenvalue weighted by atomic mass is 10.2. The van der Waals surface area contributed by atoms with Crippen molar-refractivity contribution in [1.82, 2.24) is 4.98 Å². The predicted octanol–water partition coefficient (Wildman–Crippen LogP) is 5.07. The van der Waals surface area contributed by atoms with E-state index in [9.17, 15) is 9.18 Å². The third-order valence-corrected chi connectivity index (χ3v) is 5.02. The number of carbonyl (C=O) groups is 1. The summed E-state index contributed by atoms with van der Waals surface area (Å²) < 4.78 is 24.7. The van der Waals surface area contributed by atoms with Crippen LogP contribution in [-0.4, -0.2) is 23.8 Å². The molecule has 0 saturated heterocycles. The summed E-state index contributed by atoms with van der Waals surface area (Å²) in [4.78, 5) is 15.7. The number of hydrogen-bond donors (Lipinski definition) is 1. The van der Waals surface area contributed by atoms with Crippen LogP contribution < -0.4 is 10.2 Å². The molecular formula is C21H19ClFN3O3S. The van der Waals surface area contributed by atoms with Gasteiger partial charge in [-0.2, -0.15) is 5.10 Å². The van der Waals surface area contributed by atoms with Gasteiger partial charge in [-0.3, -0.25) is 10.2 Å². The van der Waals surface area contributed by atoms with Gasteiger partial charge in [-0.25, -0.2) is 9.37 Å². The van der Waals surface area contributed by atoms with Crippen LogP contribution in [0.15, 0.2) is 52.9 Å². The van der Waals surface area contributed by atoms with Gasteiger partial charge in [0.2, 0.25) is 5.13 Å². The van der Waals surface area contributed by atoms with E-state index in [1.54, 1.807) is 24.4 Å². The second-order valence-electron chi connectivity index (χ2n) is 6.07. The molecule has 0 fully saturated rings. The maximum absolute atomic E-state index is 14.3. The Morgan fingerprint density at radius 3 is 2.93 bits per heavy atom. The summed E-state index contributed by atoms with van der Waals surface area (Å²) >= 11 is 7.39. The van der Waals surface area contributed by atoms with Crippen molar-refractivity contribution in [2.45, 2.75) is 20.0 Å². The largest absolute Gasteiger partial charge is 0.486 e. The first kappa shape index (κ1) is 21.7. The van der Waals surface area contributed by atoms with Gasteiger partial charge < -0.3 is 9.47 Å². The van der Waals surface area contributed by atoms with Crippen LogP contribution in [0.1, 0.15) is 23.7 Å². The van der Waals surface area contributed by atoms with Crippen LogP contribution in [0.5, 0.6) is 5.75 Å². The Morgan fingerprint density at radius 2 is 2.17 bits per heavy atom. The van der Waals surface area contributed by atoms with Crippen molar-refractivity contribution in [1.29, 1.82) is 0 Å². The Bertz CT molecular complexity index is 1040. The number of hydrogen-bond acceptors (Lipinski definition) is 7. The fourth-order valence-corrected chi connectivity index (χ4v) is 3.30. The number of esters is 1. The number of thiazole rings is 1. The average Bonchev–Trinajstić information content (AvgIpc) is 3.15. The average molecular weight is 448 g/mol. The molecule has 0 unspecified atom stereocenters. The molecule has 0 saturated carbocycles. The maximum atomic E-state index is 14.3. The van der Waals surface area contributed by atoms with Crippen molar-refractivity contribution >= 4 is 40.3 Å². The highest BCUT2D eigenvalue weighted by Crippen LogP contribution is 2.22. The van der Waals surface area contributed by atoms with E-state index in [1.165, 1.54) is 29.7 Å². The fourth-order valence-electron chi connectivity index (χ4n) is 2.45. The first-order valence-electron chi connectivity index (χ1n) is 9.10. The van der Waals surface area contributed by atoms with Crippen LogP contribution in [-0.2, 0) is 22.6 Å². The standard InChI is InChI=1S/C21H19ClFN3O3S/c1-2-28-20(27)10-16-13-30-21(25-16)26-24-11-14-7-8-19(18(23)9-14)29-12-15-5-3-4-6-17(15)22/h3-9,11,13H,2,10,12H2,1H3,(H,25,26). The van der Waals surface area contributed by atoms with E-state index in [-0.39, 0.29) is 24.7 Å². The van der Waals surface area contributed by atoms with Crippen molar-refractivity contribution < 1.29 is 18.7 Å². The number of ether oxygens (including phenoxy) is 2. The number of nitrogens with one attached hydrogen (secondary N) is 1. The van der Waals surface area contributed by atoms with Crippen molar-refractivity contribution in [3.8, 4) is 5.75 Å². The molecule has 0 radical (unpaired) electrons. The molecule has 1 heterocycles. The highest BCUT2D eigenvalue weighted by molar-refractivity contribution is 7.13. The lowest BCUT2D eigenvalue weighted by molar-refractivity contribution is -0.142. The molecular weight excluding hydrogens is 429 g/mol. The van der Waals surface area contributed by atoms with Gasteiger partial charge >= 0.3 is 5.97 Å². The second kappa shape index (κ2) is 10.7. The van der Waals surface area contributed by atoms with Gasteiger partial charge in [-0.15, -0.1) is 11.3 Å². The SMILES string of the molecule is CCOC(=O)Cc1csc(NN=Cc2ccc(OCc3ccccc3Cl)c(F)c2)n1. The molecule has 3 aromatic rings. The minimum atomic E-state index is -0.503. The van der Waals surface area contributed by atoms with Crippen molar-refractivity contribution in [2.24, 2.45) is 5.10 Å². The zero-order valence-electron chi connectivity index (χ0n) is 16.1. The molecule has 0 amide bonds. The molecule has 0 aliphatic rings. The van der Waals surface area contributed by atoms with Gasteiger partial charge in [-0.05, 0) is 36.8 Å². The number of nitrogens with zero attached hydrogens (tertiary/aromatic N) is 2. The number of benzene rings is 2. The fraction of sp³-hybridized carbons (Fsp3) is 0.190. The lowest BCUT2D eigenvalue weighted by Crippen LogP contribution is -2.07. The number of hydrazone groups is 1. The first-order chi connectivity index (χ1) is 14.5. The van der Waals surface area contributed by atoms with Gasteiger partial charge in [0.25, 0.3) is 0 Å². The molecule has 1 aromatic heterocycles. The normalized spacial score (nSPS) is 10.9. The molecule has 0 spiro atoms. The Kier molecular flexibility index (Phi) is 7.75. The predicted molar refractivity (Wildman–Crippen MR) is 116 cm³/mol.